The lowest BCUT2D eigenvalue weighted by Crippen LogP contribution is -2.48. The lowest BCUT2D eigenvalue weighted by atomic mass is 9.95. The van der Waals surface area contributed by atoms with Gasteiger partial charge in [-0.3, -0.25) is 4.90 Å². The van der Waals surface area contributed by atoms with Gasteiger partial charge < -0.3 is 20.1 Å². The Hall–Kier alpha value is -0.980. The van der Waals surface area contributed by atoms with Gasteiger partial charge in [0.15, 0.2) is 0 Å². The molecule has 2 saturated heterocycles. The number of aliphatic hydroxyl groups is 1. The Bertz CT molecular complexity index is 495. The van der Waals surface area contributed by atoms with E-state index in [1.165, 1.54) is 0 Å². The molecule has 1 aromatic carbocycles. The van der Waals surface area contributed by atoms with Gasteiger partial charge in [-0.1, -0.05) is 30.3 Å². The van der Waals surface area contributed by atoms with Gasteiger partial charge in [0.2, 0.25) is 0 Å². The molecule has 2 N–H and O–H groups in total. The van der Waals surface area contributed by atoms with Crippen molar-refractivity contribution < 1.29 is 9.84 Å². The molecule has 1 aromatic rings. The van der Waals surface area contributed by atoms with E-state index >= 15 is 0 Å². The number of piperidine rings is 1. The van der Waals surface area contributed by atoms with Crippen molar-refractivity contribution in [2.75, 3.05) is 59.0 Å². The second-order valence-corrected chi connectivity index (χ2v) is 7.59. The minimum atomic E-state index is -0.811. The minimum Gasteiger partial charge on any atom is -0.384 e. The first-order valence-electron chi connectivity index (χ1n) is 9.67. The molecule has 2 heterocycles. The fourth-order valence-corrected chi connectivity index (χ4v) is 3.71. The van der Waals surface area contributed by atoms with E-state index in [-0.39, 0.29) is 0 Å². The highest BCUT2D eigenvalue weighted by Gasteiger charge is 2.26. The van der Waals surface area contributed by atoms with Crippen molar-refractivity contribution in [2.45, 2.75) is 31.4 Å². The predicted molar refractivity (Wildman–Crippen MR) is 101 cm³/mol. The first-order chi connectivity index (χ1) is 12.1. The number of hydrogen-bond donors (Lipinski definition) is 2. The standard InChI is InChI=1S/C20H33N3O2/c1-20(24,18-5-3-2-4-6-18)17-21-19-7-9-22(10-8-19)11-12-23-13-15-25-16-14-23/h2-6,19,21,24H,7-17H2,1H3. The molecule has 1 atom stereocenters. The van der Waals surface area contributed by atoms with Crippen LogP contribution in [0.2, 0.25) is 0 Å². The van der Waals surface area contributed by atoms with Crippen LogP contribution < -0.4 is 5.32 Å². The average Bonchev–Trinajstić information content (AvgIpc) is 2.67. The summed E-state index contributed by atoms with van der Waals surface area (Å²) >= 11 is 0. The molecule has 25 heavy (non-hydrogen) atoms. The Morgan fingerprint density at radius 3 is 2.28 bits per heavy atom. The van der Waals surface area contributed by atoms with E-state index in [0.29, 0.717) is 12.6 Å². The molecule has 1 unspecified atom stereocenters. The summed E-state index contributed by atoms with van der Waals surface area (Å²) in [7, 11) is 0. The summed E-state index contributed by atoms with van der Waals surface area (Å²) in [5.74, 6) is 0. The third-order valence-corrected chi connectivity index (χ3v) is 5.55. The van der Waals surface area contributed by atoms with Crippen LogP contribution in [0.3, 0.4) is 0 Å². The first-order valence-corrected chi connectivity index (χ1v) is 9.67. The van der Waals surface area contributed by atoms with E-state index in [0.717, 1.165) is 70.9 Å². The Morgan fingerprint density at radius 2 is 1.64 bits per heavy atom. The van der Waals surface area contributed by atoms with Gasteiger partial charge in [-0.05, 0) is 38.4 Å². The van der Waals surface area contributed by atoms with Crippen molar-refractivity contribution in [1.82, 2.24) is 15.1 Å². The Morgan fingerprint density at radius 1 is 1.04 bits per heavy atom. The number of morpholine rings is 1. The largest absolute Gasteiger partial charge is 0.384 e. The third-order valence-electron chi connectivity index (χ3n) is 5.55. The van der Waals surface area contributed by atoms with E-state index in [1.54, 1.807) is 0 Å². The number of likely N-dealkylation sites (tertiary alicyclic amines) is 1. The van der Waals surface area contributed by atoms with Gasteiger partial charge in [-0.25, -0.2) is 0 Å². The lowest BCUT2D eigenvalue weighted by Gasteiger charge is -2.36. The van der Waals surface area contributed by atoms with Crippen LogP contribution in [0.4, 0.5) is 0 Å². The topological polar surface area (TPSA) is 48.0 Å². The van der Waals surface area contributed by atoms with Crippen LogP contribution in [0.1, 0.15) is 25.3 Å². The molecule has 0 spiro atoms. The van der Waals surface area contributed by atoms with Crippen molar-refractivity contribution >= 4 is 0 Å². The van der Waals surface area contributed by atoms with Crippen molar-refractivity contribution in [2.24, 2.45) is 0 Å². The van der Waals surface area contributed by atoms with Crippen LogP contribution in [0.25, 0.3) is 0 Å². The fourth-order valence-electron chi connectivity index (χ4n) is 3.71. The normalized spacial score (nSPS) is 23.4. The van der Waals surface area contributed by atoms with Crippen molar-refractivity contribution in [3.8, 4) is 0 Å². The van der Waals surface area contributed by atoms with E-state index in [4.69, 9.17) is 4.74 Å². The maximum Gasteiger partial charge on any atom is 0.0992 e. The van der Waals surface area contributed by atoms with E-state index in [1.807, 2.05) is 37.3 Å². The summed E-state index contributed by atoms with van der Waals surface area (Å²) < 4.78 is 5.41. The molecular formula is C20H33N3O2. The first kappa shape index (κ1) is 18.8. The molecule has 0 aromatic heterocycles. The highest BCUT2D eigenvalue weighted by molar-refractivity contribution is 5.21. The Labute approximate surface area is 152 Å². The van der Waals surface area contributed by atoms with Gasteiger partial charge >= 0.3 is 0 Å². The molecule has 0 radical (unpaired) electrons. The Kier molecular flexibility index (Phi) is 6.84. The minimum absolute atomic E-state index is 0.509. The summed E-state index contributed by atoms with van der Waals surface area (Å²) in [5.41, 5.74) is 0.166. The van der Waals surface area contributed by atoms with Gasteiger partial charge in [0.05, 0.1) is 18.8 Å². The molecule has 140 valence electrons. The molecule has 5 heteroatoms. The molecule has 0 amide bonds. The summed E-state index contributed by atoms with van der Waals surface area (Å²) in [6.07, 6.45) is 2.32. The zero-order valence-electron chi connectivity index (χ0n) is 15.5. The SMILES string of the molecule is CC(O)(CNC1CCN(CCN2CCOCC2)CC1)c1ccccc1. The molecule has 0 bridgehead atoms. The molecule has 3 rings (SSSR count). The van der Waals surface area contributed by atoms with Gasteiger partial charge in [-0.2, -0.15) is 0 Å². The van der Waals surface area contributed by atoms with E-state index in [2.05, 4.69) is 15.1 Å². The van der Waals surface area contributed by atoms with Crippen LogP contribution in [0.5, 0.6) is 0 Å². The van der Waals surface area contributed by atoms with Gasteiger partial charge in [0.25, 0.3) is 0 Å². The predicted octanol–water partition coefficient (Wildman–Crippen LogP) is 1.28. The van der Waals surface area contributed by atoms with E-state index < -0.39 is 5.60 Å². The maximum absolute atomic E-state index is 10.7. The third kappa shape index (κ3) is 5.76. The summed E-state index contributed by atoms with van der Waals surface area (Å²) in [4.78, 5) is 5.08. The number of benzene rings is 1. The van der Waals surface area contributed by atoms with Crippen molar-refractivity contribution in [3.63, 3.8) is 0 Å². The van der Waals surface area contributed by atoms with Crippen molar-refractivity contribution in [3.05, 3.63) is 35.9 Å². The molecule has 0 aliphatic carbocycles. The zero-order valence-corrected chi connectivity index (χ0v) is 15.5. The summed E-state index contributed by atoms with van der Waals surface area (Å²) in [6, 6.07) is 10.5. The number of nitrogens with zero attached hydrogens (tertiary/aromatic N) is 2. The van der Waals surface area contributed by atoms with Gasteiger partial charge in [-0.15, -0.1) is 0 Å². The monoisotopic (exact) mass is 347 g/mol. The van der Waals surface area contributed by atoms with Crippen molar-refractivity contribution in [1.29, 1.82) is 0 Å². The maximum atomic E-state index is 10.7. The second kappa shape index (κ2) is 9.10. The van der Waals surface area contributed by atoms with E-state index in [9.17, 15) is 5.11 Å². The van der Waals surface area contributed by atoms with Crippen LogP contribution in [-0.4, -0.2) is 80.0 Å². The summed E-state index contributed by atoms with van der Waals surface area (Å²) in [6.45, 7) is 11.0. The number of nitrogens with one attached hydrogen (secondary N) is 1. The lowest BCUT2D eigenvalue weighted by molar-refractivity contribution is 0.0306. The van der Waals surface area contributed by atoms with Gasteiger partial charge in [0, 0.05) is 38.8 Å². The highest BCUT2D eigenvalue weighted by Crippen LogP contribution is 2.20. The quantitative estimate of drug-likeness (QED) is 0.778. The molecule has 2 aliphatic heterocycles. The second-order valence-electron chi connectivity index (χ2n) is 7.59. The number of hydrogen-bond acceptors (Lipinski definition) is 5. The molecule has 0 saturated carbocycles. The van der Waals surface area contributed by atoms with Crippen LogP contribution >= 0.6 is 0 Å². The fraction of sp³-hybridized carbons (Fsp3) is 0.700. The van der Waals surface area contributed by atoms with Crippen LogP contribution in [-0.2, 0) is 10.3 Å². The zero-order chi connectivity index (χ0) is 17.5. The van der Waals surface area contributed by atoms with Crippen LogP contribution in [0.15, 0.2) is 30.3 Å². The average molecular weight is 348 g/mol. The molecule has 2 aliphatic rings. The molecule has 5 nitrogen and oxygen atoms in total. The molecular weight excluding hydrogens is 314 g/mol. The Balaban J connectivity index is 1.35. The van der Waals surface area contributed by atoms with Gasteiger partial charge in [0.1, 0.15) is 0 Å². The molecule has 2 fully saturated rings. The van der Waals surface area contributed by atoms with Crippen LogP contribution in [0, 0.1) is 0 Å². The number of ether oxygens (including phenoxy) is 1. The summed E-state index contributed by atoms with van der Waals surface area (Å²) in [5, 5.41) is 14.3. The number of rotatable bonds is 7. The smallest absolute Gasteiger partial charge is 0.0992 e. The highest BCUT2D eigenvalue weighted by atomic mass is 16.5.